The van der Waals surface area contributed by atoms with Crippen molar-refractivity contribution < 1.29 is 28.5 Å². The first-order valence-electron chi connectivity index (χ1n) is 16.1. The van der Waals surface area contributed by atoms with Crippen molar-refractivity contribution in [1.29, 1.82) is 0 Å². The zero-order valence-electron chi connectivity index (χ0n) is 27.2. The van der Waals surface area contributed by atoms with E-state index in [1.54, 1.807) is 19.2 Å². The topological polar surface area (TPSA) is 89.9 Å². The summed E-state index contributed by atoms with van der Waals surface area (Å²) in [7, 11) is 3.24. The van der Waals surface area contributed by atoms with Crippen molar-refractivity contribution in [1.82, 2.24) is 9.91 Å². The van der Waals surface area contributed by atoms with E-state index in [4.69, 9.17) is 24.0 Å². The Morgan fingerprint density at radius 2 is 1.74 bits per heavy atom. The zero-order chi connectivity index (χ0) is 32.3. The highest BCUT2D eigenvalue weighted by Crippen LogP contribution is 2.39. The molecule has 0 aromatic heterocycles. The van der Waals surface area contributed by atoms with Crippen LogP contribution in [0.2, 0.25) is 0 Å². The van der Waals surface area contributed by atoms with E-state index in [2.05, 4.69) is 17.0 Å². The maximum atomic E-state index is 13.8. The first-order valence-corrected chi connectivity index (χ1v) is 16.1. The third kappa shape index (κ3) is 6.95. The predicted octanol–water partition coefficient (Wildman–Crippen LogP) is 6.09. The monoisotopic (exact) mass is 625 g/mol. The fourth-order valence-electron chi connectivity index (χ4n) is 6.72. The Kier molecular flexibility index (Phi) is 9.42. The van der Waals surface area contributed by atoms with Crippen molar-refractivity contribution in [2.24, 2.45) is 16.9 Å². The number of Topliss-reactive ketones (excluding diaryl/α,β-unsaturated/α-hetero) is 1. The van der Waals surface area contributed by atoms with Crippen LogP contribution in [0.25, 0.3) is 0 Å². The van der Waals surface area contributed by atoms with Gasteiger partial charge >= 0.3 is 0 Å². The van der Waals surface area contributed by atoms with Crippen molar-refractivity contribution in [2.45, 2.75) is 58.5 Å². The summed E-state index contributed by atoms with van der Waals surface area (Å²) in [5.41, 5.74) is 4.41. The fraction of sp³-hybridized carbons (Fsp3) is 0.432. The quantitative estimate of drug-likeness (QED) is 0.239. The number of ketones is 1. The molecule has 3 aromatic carbocycles. The molecule has 1 aliphatic carbocycles. The molecule has 0 radical (unpaired) electrons. The van der Waals surface area contributed by atoms with Gasteiger partial charge in [0.2, 0.25) is 11.7 Å². The van der Waals surface area contributed by atoms with E-state index >= 15 is 0 Å². The van der Waals surface area contributed by atoms with E-state index in [0.717, 1.165) is 53.8 Å². The molecule has 1 saturated carbocycles. The molecule has 6 rings (SSSR count). The lowest BCUT2D eigenvalue weighted by atomic mass is 9.73. The van der Waals surface area contributed by atoms with Crippen molar-refractivity contribution >= 4 is 17.4 Å². The summed E-state index contributed by atoms with van der Waals surface area (Å²) in [6.07, 6.45) is 3.89. The molecule has 9 heteroatoms. The van der Waals surface area contributed by atoms with Gasteiger partial charge in [0.25, 0.3) is 0 Å². The molecular formula is C37H43N3O6. The van der Waals surface area contributed by atoms with Crippen molar-refractivity contribution in [3.8, 4) is 17.2 Å². The minimum Gasteiger partial charge on any atom is -0.493 e. The van der Waals surface area contributed by atoms with Gasteiger partial charge in [0.15, 0.2) is 17.3 Å². The van der Waals surface area contributed by atoms with E-state index < -0.39 is 5.79 Å². The number of hydrogen-bond donors (Lipinski definition) is 0. The second-order valence-electron chi connectivity index (χ2n) is 12.7. The Labute approximate surface area is 271 Å². The molecule has 0 saturated heterocycles. The van der Waals surface area contributed by atoms with Crippen LogP contribution in [0.1, 0.15) is 66.6 Å². The minimum absolute atomic E-state index is 0.00426. The molecule has 0 N–H and O–H groups in total. The van der Waals surface area contributed by atoms with E-state index in [0.29, 0.717) is 43.3 Å². The zero-order valence-corrected chi connectivity index (χ0v) is 27.2. The van der Waals surface area contributed by atoms with Crippen LogP contribution in [0, 0.1) is 11.8 Å². The molecular weight excluding hydrogens is 582 g/mol. The number of nitrogens with zero attached hydrogens (tertiary/aromatic N) is 3. The van der Waals surface area contributed by atoms with Gasteiger partial charge in [-0.15, -0.1) is 0 Å². The SMILES string of the molecule is COc1ccc(C2=NN(CCN(CC(=O)c3ccc4c(c3)COC(C)(C)O4)Cc3ccccc3)C(=O)C3CCCCC23)cc1OC. The van der Waals surface area contributed by atoms with E-state index in [9.17, 15) is 9.59 Å². The van der Waals surface area contributed by atoms with Crippen LogP contribution in [0.15, 0.2) is 71.8 Å². The van der Waals surface area contributed by atoms with Crippen LogP contribution in [-0.2, 0) is 22.7 Å². The molecule has 3 aliphatic rings. The minimum atomic E-state index is -0.698. The second-order valence-corrected chi connectivity index (χ2v) is 12.7. The summed E-state index contributed by atoms with van der Waals surface area (Å²) in [5.74, 6) is 1.35. The highest BCUT2D eigenvalue weighted by Gasteiger charge is 2.41. The molecule has 1 fully saturated rings. The third-order valence-electron chi connectivity index (χ3n) is 9.15. The number of methoxy groups -OCH3 is 2. The van der Waals surface area contributed by atoms with E-state index in [1.807, 2.05) is 68.4 Å². The summed E-state index contributed by atoms with van der Waals surface area (Å²) >= 11 is 0. The lowest BCUT2D eigenvalue weighted by Crippen LogP contribution is -2.48. The van der Waals surface area contributed by atoms with Crippen LogP contribution in [0.4, 0.5) is 0 Å². The largest absolute Gasteiger partial charge is 0.493 e. The summed E-state index contributed by atoms with van der Waals surface area (Å²) in [5, 5.41) is 6.62. The van der Waals surface area contributed by atoms with E-state index in [1.165, 1.54) is 0 Å². The lowest BCUT2D eigenvalue weighted by Gasteiger charge is -2.39. The van der Waals surface area contributed by atoms with Gasteiger partial charge in [0.05, 0.1) is 39.6 Å². The van der Waals surface area contributed by atoms with E-state index in [-0.39, 0.29) is 30.1 Å². The Morgan fingerprint density at radius 3 is 2.50 bits per heavy atom. The summed E-state index contributed by atoms with van der Waals surface area (Å²) < 4.78 is 22.8. The van der Waals surface area contributed by atoms with Crippen molar-refractivity contribution in [3.63, 3.8) is 0 Å². The Morgan fingerprint density at radius 1 is 0.978 bits per heavy atom. The van der Waals surface area contributed by atoms with Gasteiger partial charge in [-0.3, -0.25) is 14.5 Å². The van der Waals surface area contributed by atoms with Gasteiger partial charge in [-0.1, -0.05) is 43.2 Å². The Bertz CT molecular complexity index is 1600. The predicted molar refractivity (Wildman–Crippen MR) is 175 cm³/mol. The van der Waals surface area contributed by atoms with Gasteiger partial charge in [0.1, 0.15) is 5.75 Å². The maximum Gasteiger partial charge on any atom is 0.246 e. The molecule has 242 valence electrons. The molecule has 46 heavy (non-hydrogen) atoms. The number of hydrogen-bond acceptors (Lipinski definition) is 8. The Balaban J connectivity index is 1.24. The molecule has 2 atom stereocenters. The third-order valence-corrected chi connectivity index (χ3v) is 9.15. The Hall–Kier alpha value is -4.21. The molecule has 0 spiro atoms. The van der Waals surface area contributed by atoms with Crippen molar-refractivity contribution in [2.75, 3.05) is 33.9 Å². The van der Waals surface area contributed by atoms with Gasteiger partial charge in [-0.05, 0) is 54.8 Å². The molecule has 3 aromatic rings. The summed E-state index contributed by atoms with van der Waals surface area (Å²) in [4.78, 5) is 29.6. The number of fused-ring (bicyclic) bond motifs is 2. The van der Waals surface area contributed by atoms with Gasteiger partial charge in [-0.2, -0.15) is 5.10 Å². The number of carbonyl (C=O) groups excluding carboxylic acids is 2. The molecule has 2 unspecified atom stereocenters. The molecule has 2 aliphatic heterocycles. The highest BCUT2D eigenvalue weighted by molar-refractivity contribution is 6.07. The number of hydrazone groups is 1. The molecule has 1 amide bonds. The number of amides is 1. The van der Waals surface area contributed by atoms with Crippen molar-refractivity contribution in [3.05, 3.63) is 89.0 Å². The number of rotatable bonds is 11. The molecule has 9 nitrogen and oxygen atoms in total. The summed E-state index contributed by atoms with van der Waals surface area (Å²) in [6.45, 7) is 5.76. The molecule has 0 bridgehead atoms. The standard InChI is InChI=1S/C37H43N3O6/c1-37(2)45-24-28-20-26(14-16-32(28)46-37)31(41)23-39(22-25-10-6-5-7-11-25)18-19-40-36(42)30-13-9-8-12-29(30)35(38-40)27-15-17-33(43-3)34(21-27)44-4/h5-7,10-11,14-17,20-21,29-30H,8-9,12-13,18-19,22-24H2,1-4H3. The van der Waals surface area contributed by atoms with Crippen LogP contribution in [0.5, 0.6) is 17.2 Å². The lowest BCUT2D eigenvalue weighted by molar-refractivity contribution is -0.180. The van der Waals surface area contributed by atoms with Gasteiger partial charge in [0, 0.05) is 55.5 Å². The fourth-order valence-corrected chi connectivity index (χ4v) is 6.72. The highest BCUT2D eigenvalue weighted by atomic mass is 16.7. The normalized spacial score (nSPS) is 20.3. The maximum absolute atomic E-state index is 13.8. The summed E-state index contributed by atoms with van der Waals surface area (Å²) in [6, 6.07) is 21.5. The molecule has 2 heterocycles. The van der Waals surface area contributed by atoms with Crippen LogP contribution >= 0.6 is 0 Å². The number of ether oxygens (including phenoxy) is 4. The van der Waals surface area contributed by atoms with Crippen LogP contribution in [0.3, 0.4) is 0 Å². The number of carbonyl (C=O) groups is 2. The second kappa shape index (κ2) is 13.6. The van der Waals surface area contributed by atoms with Crippen LogP contribution < -0.4 is 14.2 Å². The first-order chi connectivity index (χ1) is 22.2. The van der Waals surface area contributed by atoms with Crippen LogP contribution in [-0.4, -0.2) is 67.0 Å². The average molecular weight is 626 g/mol. The van der Waals surface area contributed by atoms with Gasteiger partial charge < -0.3 is 18.9 Å². The first kappa shape index (κ1) is 31.8. The smallest absolute Gasteiger partial charge is 0.246 e. The van der Waals surface area contributed by atoms with Gasteiger partial charge in [-0.25, -0.2) is 5.01 Å². The number of benzene rings is 3. The average Bonchev–Trinajstić information content (AvgIpc) is 3.07.